The lowest BCUT2D eigenvalue weighted by Gasteiger charge is -2.41. The molecule has 150 valence electrons. The Labute approximate surface area is 173 Å². The Balaban J connectivity index is 1.29. The van der Waals surface area contributed by atoms with Crippen LogP contribution < -0.4 is 10.6 Å². The number of nitrogens with one attached hydrogen (secondary N) is 2. The number of anilines is 1. The highest BCUT2D eigenvalue weighted by Crippen LogP contribution is 2.43. The van der Waals surface area contributed by atoms with Crippen LogP contribution in [-0.2, 0) is 4.74 Å². The van der Waals surface area contributed by atoms with Crippen LogP contribution in [0.15, 0.2) is 42.6 Å². The van der Waals surface area contributed by atoms with Gasteiger partial charge in [-0.3, -0.25) is 14.6 Å². The molecule has 2 spiro atoms. The topological polar surface area (TPSA) is 83.6 Å². The van der Waals surface area contributed by atoms with Crippen LogP contribution in [0.5, 0.6) is 0 Å². The number of aromatic nitrogens is 1. The van der Waals surface area contributed by atoms with Gasteiger partial charge in [-0.05, 0) is 43.2 Å². The normalized spacial score (nSPS) is 24.9. The van der Waals surface area contributed by atoms with Gasteiger partial charge in [0, 0.05) is 36.4 Å². The fourth-order valence-corrected chi connectivity index (χ4v) is 4.74. The number of pyridine rings is 1. The van der Waals surface area contributed by atoms with Crippen LogP contribution in [0.25, 0.3) is 0 Å². The Morgan fingerprint density at radius 1 is 1.17 bits per heavy atom. The van der Waals surface area contributed by atoms with Gasteiger partial charge in [-0.1, -0.05) is 17.7 Å². The van der Waals surface area contributed by atoms with Gasteiger partial charge in [0.05, 0.1) is 17.8 Å². The number of hydrogen-bond acceptors (Lipinski definition) is 5. The minimum Gasteiger partial charge on any atom is -0.370 e. The molecule has 5 rings (SSSR count). The highest BCUT2D eigenvalue weighted by molar-refractivity contribution is 6.31. The molecule has 3 aliphatic heterocycles. The van der Waals surface area contributed by atoms with Crippen molar-refractivity contribution in [3.05, 3.63) is 58.9 Å². The standard InChI is InChI=1S/C21H21ClN4O3/c22-14-4-5-16-15(11-14)18(27)25-21(24-16)12-20(29-13-21)6-9-26(10-7-20)19(28)17-3-1-2-8-23-17/h1-5,8,11,24H,6-7,9-10,12-13H2,(H,25,27). The second-order valence-electron chi connectivity index (χ2n) is 8.01. The Kier molecular flexibility index (Phi) is 4.26. The first-order valence-corrected chi connectivity index (χ1v) is 10.1. The molecule has 2 saturated heterocycles. The van der Waals surface area contributed by atoms with Crippen molar-refractivity contribution >= 4 is 29.1 Å². The van der Waals surface area contributed by atoms with Crippen molar-refractivity contribution in [2.24, 2.45) is 0 Å². The zero-order valence-corrected chi connectivity index (χ0v) is 16.5. The van der Waals surface area contributed by atoms with Crippen molar-refractivity contribution in [2.45, 2.75) is 30.5 Å². The first kappa shape index (κ1) is 18.4. The van der Waals surface area contributed by atoms with Crippen molar-refractivity contribution in [3.63, 3.8) is 0 Å². The molecular formula is C21H21ClN4O3. The van der Waals surface area contributed by atoms with Gasteiger partial charge in [0.15, 0.2) is 0 Å². The first-order valence-electron chi connectivity index (χ1n) is 9.72. The zero-order valence-electron chi connectivity index (χ0n) is 15.8. The summed E-state index contributed by atoms with van der Waals surface area (Å²) in [4.78, 5) is 31.3. The number of likely N-dealkylation sites (tertiary alicyclic amines) is 1. The molecular weight excluding hydrogens is 392 g/mol. The van der Waals surface area contributed by atoms with Crippen LogP contribution in [0.2, 0.25) is 5.02 Å². The quantitative estimate of drug-likeness (QED) is 0.752. The molecule has 2 N–H and O–H groups in total. The molecule has 0 saturated carbocycles. The fourth-order valence-electron chi connectivity index (χ4n) is 4.57. The third-order valence-electron chi connectivity index (χ3n) is 6.05. The number of halogens is 1. The molecule has 2 fully saturated rings. The van der Waals surface area contributed by atoms with Crippen molar-refractivity contribution in [1.82, 2.24) is 15.2 Å². The summed E-state index contributed by atoms with van der Waals surface area (Å²) in [6.07, 6.45) is 3.72. The summed E-state index contributed by atoms with van der Waals surface area (Å²) in [5.74, 6) is -0.201. The van der Waals surface area contributed by atoms with Crippen molar-refractivity contribution < 1.29 is 14.3 Å². The Bertz CT molecular complexity index is 975. The molecule has 2 aromatic rings. The van der Waals surface area contributed by atoms with E-state index in [0.717, 1.165) is 18.5 Å². The molecule has 0 bridgehead atoms. The number of fused-ring (bicyclic) bond motifs is 1. The molecule has 4 heterocycles. The van der Waals surface area contributed by atoms with E-state index in [2.05, 4.69) is 15.6 Å². The van der Waals surface area contributed by atoms with Gasteiger partial charge >= 0.3 is 0 Å². The van der Waals surface area contributed by atoms with E-state index in [4.69, 9.17) is 16.3 Å². The van der Waals surface area contributed by atoms with Gasteiger partial charge in [0.1, 0.15) is 11.4 Å². The maximum absolute atomic E-state index is 12.6. The van der Waals surface area contributed by atoms with Crippen LogP contribution in [0.3, 0.4) is 0 Å². The van der Waals surface area contributed by atoms with Gasteiger partial charge in [-0.15, -0.1) is 0 Å². The van der Waals surface area contributed by atoms with Gasteiger partial charge in [0.2, 0.25) is 0 Å². The van der Waals surface area contributed by atoms with E-state index >= 15 is 0 Å². The monoisotopic (exact) mass is 412 g/mol. The van der Waals surface area contributed by atoms with Gasteiger partial charge in [-0.2, -0.15) is 0 Å². The Morgan fingerprint density at radius 2 is 2.00 bits per heavy atom. The minimum atomic E-state index is -0.634. The van der Waals surface area contributed by atoms with Crippen molar-refractivity contribution in [3.8, 4) is 0 Å². The van der Waals surface area contributed by atoms with Gasteiger partial charge in [-0.25, -0.2) is 0 Å². The van der Waals surface area contributed by atoms with Crippen LogP contribution in [0.4, 0.5) is 5.69 Å². The number of ether oxygens (including phenoxy) is 1. The fraction of sp³-hybridized carbons (Fsp3) is 0.381. The number of benzene rings is 1. The summed E-state index contributed by atoms with van der Waals surface area (Å²) in [6.45, 7) is 1.59. The second-order valence-corrected chi connectivity index (χ2v) is 8.44. The number of carbonyl (C=O) groups is 2. The molecule has 1 aromatic heterocycles. The summed E-state index contributed by atoms with van der Waals surface area (Å²) >= 11 is 6.02. The van der Waals surface area contributed by atoms with Crippen LogP contribution >= 0.6 is 11.6 Å². The van der Waals surface area contributed by atoms with Crippen LogP contribution in [0.1, 0.15) is 40.1 Å². The average molecular weight is 413 g/mol. The number of nitrogens with zero attached hydrogens (tertiary/aromatic N) is 2. The lowest BCUT2D eigenvalue weighted by Crippen LogP contribution is -2.59. The van der Waals surface area contributed by atoms with E-state index in [0.29, 0.717) is 42.4 Å². The molecule has 1 atom stereocenters. The predicted octanol–water partition coefficient (Wildman–Crippen LogP) is 2.68. The number of piperidine rings is 1. The van der Waals surface area contributed by atoms with Crippen molar-refractivity contribution in [1.29, 1.82) is 0 Å². The highest BCUT2D eigenvalue weighted by Gasteiger charge is 2.53. The van der Waals surface area contributed by atoms with Crippen LogP contribution in [-0.4, -0.2) is 52.7 Å². The SMILES string of the molecule is O=C1NC2(COC3(CCN(C(=O)c4ccccn4)CC3)C2)Nc2ccc(Cl)cc21. The molecule has 3 aliphatic rings. The number of hydrogen-bond donors (Lipinski definition) is 2. The van der Waals surface area contributed by atoms with E-state index in [-0.39, 0.29) is 17.4 Å². The summed E-state index contributed by atoms with van der Waals surface area (Å²) < 4.78 is 6.24. The third kappa shape index (κ3) is 3.24. The highest BCUT2D eigenvalue weighted by atomic mass is 35.5. The molecule has 1 aromatic carbocycles. The lowest BCUT2D eigenvalue weighted by atomic mass is 9.84. The summed E-state index contributed by atoms with van der Waals surface area (Å²) in [5.41, 5.74) is 0.779. The number of rotatable bonds is 1. The van der Waals surface area contributed by atoms with E-state index < -0.39 is 5.66 Å². The third-order valence-corrected chi connectivity index (χ3v) is 6.28. The molecule has 7 nitrogen and oxygen atoms in total. The molecule has 0 radical (unpaired) electrons. The Morgan fingerprint density at radius 3 is 2.76 bits per heavy atom. The van der Waals surface area contributed by atoms with E-state index in [1.54, 1.807) is 30.5 Å². The number of carbonyl (C=O) groups excluding carboxylic acids is 2. The molecule has 29 heavy (non-hydrogen) atoms. The average Bonchev–Trinajstić information content (AvgIpc) is 3.06. The lowest BCUT2D eigenvalue weighted by molar-refractivity contribution is -0.0394. The van der Waals surface area contributed by atoms with Gasteiger partial charge in [0.25, 0.3) is 11.8 Å². The summed E-state index contributed by atoms with van der Waals surface area (Å²) in [7, 11) is 0. The summed E-state index contributed by atoms with van der Waals surface area (Å²) in [6, 6.07) is 10.6. The molecule has 2 amide bonds. The smallest absolute Gasteiger partial charge is 0.272 e. The molecule has 8 heteroatoms. The zero-order chi connectivity index (χ0) is 20.1. The van der Waals surface area contributed by atoms with E-state index in [9.17, 15) is 9.59 Å². The second kappa shape index (κ2) is 6.71. The maximum atomic E-state index is 12.6. The van der Waals surface area contributed by atoms with Crippen LogP contribution in [0, 0.1) is 0 Å². The largest absolute Gasteiger partial charge is 0.370 e. The maximum Gasteiger partial charge on any atom is 0.272 e. The molecule has 0 aliphatic carbocycles. The van der Waals surface area contributed by atoms with E-state index in [1.807, 2.05) is 17.0 Å². The molecule has 1 unspecified atom stereocenters. The summed E-state index contributed by atoms with van der Waals surface area (Å²) in [5, 5.41) is 7.07. The number of amides is 2. The predicted molar refractivity (Wildman–Crippen MR) is 108 cm³/mol. The minimum absolute atomic E-state index is 0.0527. The van der Waals surface area contributed by atoms with Gasteiger partial charge < -0.3 is 20.3 Å². The van der Waals surface area contributed by atoms with Crippen molar-refractivity contribution in [2.75, 3.05) is 25.0 Å². The van der Waals surface area contributed by atoms with E-state index in [1.165, 1.54) is 0 Å². The Hall–Kier alpha value is -2.64. The first-order chi connectivity index (χ1) is 14.0.